The molecule has 0 unspecified atom stereocenters. The minimum absolute atomic E-state index is 0.0374. The van der Waals surface area contributed by atoms with Crippen LogP contribution in [-0.4, -0.2) is 48.6 Å². The Morgan fingerprint density at radius 1 is 0.462 bits per heavy atom. The number of amides is 2. The molecule has 0 radical (unpaired) electrons. The minimum Gasteiger partial charge on any atom is -0.322 e. The first-order valence-electron chi connectivity index (χ1n) is 15.0. The molecule has 6 aromatic rings. The van der Waals surface area contributed by atoms with Crippen molar-refractivity contribution in [3.05, 3.63) is 145 Å². The Morgan fingerprint density at radius 3 is 1.17 bits per heavy atom. The Labute approximate surface area is 306 Å². The molecule has 2 heterocycles. The first-order valence-corrected chi connectivity index (χ1v) is 20.1. The molecule has 0 aliphatic carbocycles. The summed E-state index contributed by atoms with van der Waals surface area (Å²) in [6.07, 6.45) is 5.65. The average Bonchev–Trinajstić information content (AvgIpc) is 3.15. The maximum atomic E-state index is 13.3. The van der Waals surface area contributed by atoms with Crippen molar-refractivity contribution >= 4 is 76.7 Å². The van der Waals surface area contributed by atoms with E-state index in [2.05, 4.69) is 40.0 Å². The van der Waals surface area contributed by atoms with Crippen LogP contribution in [0.1, 0.15) is 20.7 Å². The Balaban J connectivity index is 1.09. The summed E-state index contributed by atoms with van der Waals surface area (Å²) >= 11 is 0. The molecule has 4 aromatic carbocycles. The zero-order valence-corrected chi connectivity index (χ0v) is 29.8. The largest absolute Gasteiger partial charge is 0.322 e. The van der Waals surface area contributed by atoms with Gasteiger partial charge in [0.25, 0.3) is 31.9 Å². The lowest BCUT2D eigenvalue weighted by Gasteiger charge is -2.12. The van der Waals surface area contributed by atoms with Crippen LogP contribution in [0, 0.1) is 0 Å². The molecule has 18 heteroatoms. The van der Waals surface area contributed by atoms with Crippen LogP contribution in [0.3, 0.4) is 0 Å². The molecule has 6 rings (SSSR count). The summed E-state index contributed by atoms with van der Waals surface area (Å²) in [6, 6.07) is 28.3. The first kappa shape index (κ1) is 36.0. The van der Waals surface area contributed by atoms with Crippen molar-refractivity contribution in [3.63, 3.8) is 0 Å². The maximum Gasteiger partial charge on any atom is 0.264 e. The molecule has 4 N–H and O–H groups in total. The third kappa shape index (κ3) is 9.09. The number of aromatic nitrogens is 4. The van der Waals surface area contributed by atoms with E-state index in [0.29, 0.717) is 32.3 Å². The molecular weight excluding hydrogens is 745 g/mol. The van der Waals surface area contributed by atoms with Gasteiger partial charge in [-0.25, -0.2) is 46.2 Å². The van der Waals surface area contributed by atoms with Crippen molar-refractivity contribution in [1.29, 1.82) is 0 Å². The summed E-state index contributed by atoms with van der Waals surface area (Å²) in [5.41, 5.74) is 1.48. The van der Waals surface area contributed by atoms with Crippen molar-refractivity contribution in [1.82, 2.24) is 19.9 Å². The van der Waals surface area contributed by atoms with E-state index < -0.39 is 31.9 Å². The van der Waals surface area contributed by atoms with E-state index in [1.165, 1.54) is 94.9 Å². The van der Waals surface area contributed by atoms with Crippen LogP contribution in [0.5, 0.6) is 0 Å². The number of carbonyl (C=O) groups is 2. The number of benzene rings is 4. The quantitative estimate of drug-likeness (QED) is 0.0975. The number of hydrogen-bond acceptors (Lipinski definition) is 12. The molecule has 0 fully saturated rings. The van der Waals surface area contributed by atoms with Gasteiger partial charge in [-0.15, -0.1) is 0 Å². The van der Waals surface area contributed by atoms with Gasteiger partial charge in [0.2, 0.25) is 11.9 Å². The molecule has 262 valence electrons. The van der Waals surface area contributed by atoms with Crippen LogP contribution in [0.4, 0.5) is 23.3 Å². The SMILES string of the molecule is O=C(Nc1ccc(S(=O)(=O)Nc2ncccn2)cc1)c1ccccc1SSc1ccccc1C(=O)Nc1ccc(S(=O)(=O)Nc2ncccn2)cc1. The van der Waals surface area contributed by atoms with Crippen LogP contribution in [0.2, 0.25) is 0 Å². The van der Waals surface area contributed by atoms with Gasteiger partial charge in [0.1, 0.15) is 0 Å². The van der Waals surface area contributed by atoms with Crippen LogP contribution in [-0.2, 0) is 20.0 Å². The molecule has 0 aliphatic rings. The van der Waals surface area contributed by atoms with E-state index in [0.717, 1.165) is 0 Å². The third-order valence-corrected chi connectivity index (χ3v) is 12.1. The second-order valence-corrected chi connectivity index (χ2v) is 16.0. The van der Waals surface area contributed by atoms with Crippen molar-refractivity contribution in [3.8, 4) is 0 Å². The number of anilines is 4. The van der Waals surface area contributed by atoms with Crippen LogP contribution >= 0.6 is 21.6 Å². The zero-order chi connectivity index (χ0) is 36.6. The van der Waals surface area contributed by atoms with Gasteiger partial charge in [0, 0.05) is 46.0 Å². The highest BCUT2D eigenvalue weighted by molar-refractivity contribution is 8.76. The molecular formula is C34H26N8O6S4. The smallest absolute Gasteiger partial charge is 0.264 e. The normalized spacial score (nSPS) is 11.3. The van der Waals surface area contributed by atoms with E-state index in [-0.39, 0.29) is 21.7 Å². The summed E-state index contributed by atoms with van der Waals surface area (Å²) in [6.45, 7) is 0. The van der Waals surface area contributed by atoms with Gasteiger partial charge in [-0.1, -0.05) is 45.9 Å². The molecule has 0 saturated heterocycles. The van der Waals surface area contributed by atoms with Gasteiger partial charge in [-0.3, -0.25) is 9.59 Å². The number of sulfonamides is 2. The fourth-order valence-electron chi connectivity index (χ4n) is 4.44. The van der Waals surface area contributed by atoms with Gasteiger partial charge in [0.15, 0.2) is 0 Å². The van der Waals surface area contributed by atoms with Gasteiger partial charge >= 0.3 is 0 Å². The average molecular weight is 771 g/mol. The first-order chi connectivity index (χ1) is 25.1. The predicted molar refractivity (Wildman–Crippen MR) is 199 cm³/mol. The minimum atomic E-state index is -3.95. The number of rotatable bonds is 13. The fourth-order valence-corrected chi connectivity index (χ4v) is 8.71. The number of carbonyl (C=O) groups excluding carboxylic acids is 2. The number of hydrogen-bond donors (Lipinski definition) is 4. The second-order valence-electron chi connectivity index (χ2n) is 10.5. The molecule has 0 aliphatic heterocycles. The lowest BCUT2D eigenvalue weighted by molar-refractivity contribution is 0.101. The number of nitrogens with one attached hydrogen (secondary N) is 4. The third-order valence-electron chi connectivity index (χ3n) is 6.91. The molecule has 52 heavy (non-hydrogen) atoms. The predicted octanol–water partition coefficient (Wildman–Crippen LogP) is 6.17. The topological polar surface area (TPSA) is 202 Å². The van der Waals surface area contributed by atoms with Crippen molar-refractivity contribution < 1.29 is 26.4 Å². The molecule has 0 atom stereocenters. The van der Waals surface area contributed by atoms with E-state index in [4.69, 9.17) is 0 Å². The van der Waals surface area contributed by atoms with E-state index >= 15 is 0 Å². The lowest BCUT2D eigenvalue weighted by atomic mass is 10.2. The van der Waals surface area contributed by atoms with Gasteiger partial charge in [-0.2, -0.15) is 0 Å². The summed E-state index contributed by atoms with van der Waals surface area (Å²) in [4.78, 5) is 43.3. The van der Waals surface area contributed by atoms with Crippen molar-refractivity contribution in [2.24, 2.45) is 0 Å². The van der Waals surface area contributed by atoms with Crippen molar-refractivity contribution in [2.75, 3.05) is 20.1 Å². The van der Waals surface area contributed by atoms with E-state index in [1.54, 1.807) is 60.7 Å². The van der Waals surface area contributed by atoms with Crippen LogP contribution in [0.25, 0.3) is 0 Å². The highest BCUT2D eigenvalue weighted by Gasteiger charge is 2.19. The summed E-state index contributed by atoms with van der Waals surface area (Å²) in [5.74, 6) is -0.968. The molecule has 2 aromatic heterocycles. The molecule has 0 saturated carbocycles. The Bertz CT molecular complexity index is 2250. The van der Waals surface area contributed by atoms with Crippen LogP contribution < -0.4 is 20.1 Å². The molecule has 2 amide bonds. The lowest BCUT2D eigenvalue weighted by Crippen LogP contribution is -2.16. The maximum absolute atomic E-state index is 13.3. The van der Waals surface area contributed by atoms with E-state index in [1.807, 2.05) is 0 Å². The Hall–Kier alpha value is -5.82. The summed E-state index contributed by atoms with van der Waals surface area (Å²) in [5, 5.41) is 5.59. The highest BCUT2D eigenvalue weighted by atomic mass is 33.1. The molecule has 0 spiro atoms. The fraction of sp³-hybridized carbons (Fsp3) is 0. The Morgan fingerprint density at radius 2 is 0.808 bits per heavy atom. The van der Waals surface area contributed by atoms with Crippen molar-refractivity contribution in [2.45, 2.75) is 19.6 Å². The highest BCUT2D eigenvalue weighted by Crippen LogP contribution is 2.41. The zero-order valence-electron chi connectivity index (χ0n) is 26.6. The van der Waals surface area contributed by atoms with E-state index in [9.17, 15) is 26.4 Å². The second kappa shape index (κ2) is 16.0. The molecule has 0 bridgehead atoms. The number of nitrogens with zero attached hydrogens (tertiary/aromatic N) is 4. The monoisotopic (exact) mass is 770 g/mol. The Kier molecular flexibility index (Phi) is 11.1. The van der Waals surface area contributed by atoms with Crippen LogP contribution in [0.15, 0.2) is 154 Å². The van der Waals surface area contributed by atoms with Gasteiger partial charge in [-0.05, 0) is 84.9 Å². The summed E-state index contributed by atoms with van der Waals surface area (Å²) < 4.78 is 55.4. The van der Waals surface area contributed by atoms with Gasteiger partial charge < -0.3 is 10.6 Å². The van der Waals surface area contributed by atoms with Gasteiger partial charge in [0.05, 0.1) is 20.9 Å². The standard InChI is InChI=1S/C34H26N8O6S4/c43-31(39-23-11-15-25(16-12-23)51(45,46)41-33-35-19-5-20-36-33)27-7-1-3-9-29(27)49-50-30-10-4-2-8-28(30)32(44)40-24-13-17-26(18-14-24)52(47,48)42-34-37-21-6-22-38-34/h1-22H,(H,39,43)(H,40,44)(H,35,36,41)(H,37,38,42). The molecule has 14 nitrogen and oxygen atoms in total. The summed E-state index contributed by atoms with van der Waals surface area (Å²) in [7, 11) is -5.33.